The summed E-state index contributed by atoms with van der Waals surface area (Å²) in [5.41, 5.74) is 2.53. The van der Waals surface area contributed by atoms with Crippen LogP contribution in [0.2, 0.25) is 0 Å². The summed E-state index contributed by atoms with van der Waals surface area (Å²) in [7, 11) is 0. The van der Waals surface area contributed by atoms with E-state index in [1.165, 1.54) is 21.9 Å². The van der Waals surface area contributed by atoms with Gasteiger partial charge in [0.1, 0.15) is 0 Å². The molecule has 3 aromatic carbocycles. The molecule has 0 aliphatic rings. The number of hydrogen-bond donors (Lipinski definition) is 0. The van der Waals surface area contributed by atoms with E-state index >= 15 is 0 Å². The van der Waals surface area contributed by atoms with Crippen molar-refractivity contribution in [3.05, 3.63) is 71.2 Å². The zero-order chi connectivity index (χ0) is 11.7. The van der Waals surface area contributed by atoms with E-state index in [4.69, 9.17) is 0 Å². The smallest absolute Gasteiger partial charge is 0.0187 e. The molecule has 0 radical (unpaired) electrons. The maximum Gasteiger partial charge on any atom is 0.0187 e. The van der Waals surface area contributed by atoms with Crippen molar-refractivity contribution in [2.24, 2.45) is 0 Å². The van der Waals surface area contributed by atoms with Gasteiger partial charge in [-0.05, 0) is 34.0 Å². The second-order valence-corrected chi connectivity index (χ2v) is 4.96. The van der Waals surface area contributed by atoms with Gasteiger partial charge in [0.25, 0.3) is 0 Å². The third-order valence-corrected chi connectivity index (χ3v) is 3.37. The Hall–Kier alpha value is -1.60. The number of rotatable bonds is 1. The van der Waals surface area contributed by atoms with Crippen LogP contribution in [0.15, 0.2) is 71.2 Å². The van der Waals surface area contributed by atoms with Crippen LogP contribution in [0.25, 0.3) is 21.9 Å². The first kappa shape index (κ1) is 10.5. The van der Waals surface area contributed by atoms with Crippen LogP contribution in [-0.2, 0) is 0 Å². The van der Waals surface area contributed by atoms with Crippen LogP contribution >= 0.6 is 15.9 Å². The van der Waals surface area contributed by atoms with Crippen LogP contribution in [0, 0.1) is 0 Å². The summed E-state index contributed by atoms with van der Waals surface area (Å²) in [6.07, 6.45) is 0. The van der Waals surface area contributed by atoms with Crippen molar-refractivity contribution in [2.45, 2.75) is 0 Å². The standard InChI is InChI=1S/C16H11Br/c17-14-10-13-8-4-5-9-15(13)16(11-14)12-6-2-1-3-7-12/h1-11H. The van der Waals surface area contributed by atoms with Gasteiger partial charge >= 0.3 is 0 Å². The Bertz CT molecular complexity index is 657. The van der Waals surface area contributed by atoms with E-state index in [0.717, 1.165) is 4.47 Å². The number of benzene rings is 3. The van der Waals surface area contributed by atoms with E-state index in [0.29, 0.717) is 0 Å². The Morgan fingerprint density at radius 2 is 1.41 bits per heavy atom. The van der Waals surface area contributed by atoms with Crippen molar-refractivity contribution in [2.75, 3.05) is 0 Å². The molecule has 0 N–H and O–H groups in total. The van der Waals surface area contributed by atoms with E-state index in [1.54, 1.807) is 0 Å². The molecule has 0 saturated carbocycles. The topological polar surface area (TPSA) is 0 Å². The van der Waals surface area contributed by atoms with Gasteiger partial charge in [0.05, 0.1) is 0 Å². The van der Waals surface area contributed by atoms with Crippen LogP contribution in [0.1, 0.15) is 0 Å². The highest BCUT2D eigenvalue weighted by molar-refractivity contribution is 9.10. The fourth-order valence-electron chi connectivity index (χ4n) is 2.13. The van der Waals surface area contributed by atoms with E-state index in [2.05, 4.69) is 76.6 Å². The highest BCUT2D eigenvalue weighted by Crippen LogP contribution is 2.31. The molecule has 0 fully saturated rings. The lowest BCUT2D eigenvalue weighted by Gasteiger charge is -2.07. The first-order valence-electron chi connectivity index (χ1n) is 5.58. The van der Waals surface area contributed by atoms with Gasteiger partial charge in [-0.2, -0.15) is 0 Å². The molecule has 17 heavy (non-hydrogen) atoms. The zero-order valence-electron chi connectivity index (χ0n) is 9.23. The monoisotopic (exact) mass is 282 g/mol. The Labute approximate surface area is 109 Å². The summed E-state index contributed by atoms with van der Waals surface area (Å²) in [5, 5.41) is 2.56. The Morgan fingerprint density at radius 3 is 2.24 bits per heavy atom. The van der Waals surface area contributed by atoms with Crippen molar-refractivity contribution >= 4 is 26.7 Å². The van der Waals surface area contributed by atoms with Crippen molar-refractivity contribution in [3.8, 4) is 11.1 Å². The van der Waals surface area contributed by atoms with Gasteiger partial charge in [-0.25, -0.2) is 0 Å². The number of hydrogen-bond acceptors (Lipinski definition) is 0. The summed E-state index contributed by atoms with van der Waals surface area (Å²) in [4.78, 5) is 0. The molecule has 0 saturated heterocycles. The second kappa shape index (κ2) is 4.34. The maximum atomic E-state index is 3.58. The lowest BCUT2D eigenvalue weighted by Crippen LogP contribution is -1.81. The normalized spacial score (nSPS) is 10.6. The predicted octanol–water partition coefficient (Wildman–Crippen LogP) is 5.27. The lowest BCUT2D eigenvalue weighted by molar-refractivity contribution is 1.63. The largest absolute Gasteiger partial charge is 0.0622 e. The Morgan fingerprint density at radius 1 is 0.706 bits per heavy atom. The van der Waals surface area contributed by atoms with Crippen LogP contribution in [0.3, 0.4) is 0 Å². The van der Waals surface area contributed by atoms with Crippen LogP contribution < -0.4 is 0 Å². The molecule has 0 bridgehead atoms. The molecule has 0 unspecified atom stereocenters. The van der Waals surface area contributed by atoms with E-state index in [9.17, 15) is 0 Å². The van der Waals surface area contributed by atoms with E-state index in [-0.39, 0.29) is 0 Å². The van der Waals surface area contributed by atoms with Gasteiger partial charge in [-0.1, -0.05) is 70.5 Å². The van der Waals surface area contributed by atoms with Crippen molar-refractivity contribution < 1.29 is 0 Å². The summed E-state index contributed by atoms with van der Waals surface area (Å²) in [6, 6.07) is 23.3. The summed E-state index contributed by atoms with van der Waals surface area (Å²) in [6.45, 7) is 0. The molecule has 1 heteroatoms. The second-order valence-electron chi connectivity index (χ2n) is 4.04. The van der Waals surface area contributed by atoms with Crippen molar-refractivity contribution in [1.29, 1.82) is 0 Å². The van der Waals surface area contributed by atoms with Gasteiger partial charge in [-0.15, -0.1) is 0 Å². The predicted molar refractivity (Wildman–Crippen MR) is 77.1 cm³/mol. The first-order valence-corrected chi connectivity index (χ1v) is 6.37. The van der Waals surface area contributed by atoms with Gasteiger partial charge in [0.2, 0.25) is 0 Å². The Balaban J connectivity index is 2.36. The molecular formula is C16H11Br. The fraction of sp³-hybridized carbons (Fsp3) is 0. The van der Waals surface area contributed by atoms with Crippen LogP contribution in [0.5, 0.6) is 0 Å². The van der Waals surface area contributed by atoms with E-state index < -0.39 is 0 Å². The highest BCUT2D eigenvalue weighted by atomic mass is 79.9. The highest BCUT2D eigenvalue weighted by Gasteiger charge is 2.04. The fourth-order valence-corrected chi connectivity index (χ4v) is 2.61. The van der Waals surface area contributed by atoms with Crippen LogP contribution in [-0.4, -0.2) is 0 Å². The first-order chi connectivity index (χ1) is 8.34. The maximum absolute atomic E-state index is 3.58. The molecular weight excluding hydrogens is 272 g/mol. The van der Waals surface area contributed by atoms with Crippen LogP contribution in [0.4, 0.5) is 0 Å². The summed E-state index contributed by atoms with van der Waals surface area (Å²) in [5.74, 6) is 0. The van der Waals surface area contributed by atoms with E-state index in [1.807, 2.05) is 6.07 Å². The number of halogens is 1. The average molecular weight is 283 g/mol. The van der Waals surface area contributed by atoms with Crippen molar-refractivity contribution in [1.82, 2.24) is 0 Å². The lowest BCUT2D eigenvalue weighted by atomic mass is 9.98. The van der Waals surface area contributed by atoms with Gasteiger partial charge < -0.3 is 0 Å². The Kier molecular flexibility index (Phi) is 2.69. The molecule has 0 heterocycles. The molecule has 3 aromatic rings. The quantitative estimate of drug-likeness (QED) is 0.570. The minimum atomic E-state index is 1.12. The third kappa shape index (κ3) is 1.98. The van der Waals surface area contributed by atoms with Gasteiger partial charge in [0.15, 0.2) is 0 Å². The van der Waals surface area contributed by atoms with Crippen molar-refractivity contribution in [3.63, 3.8) is 0 Å². The molecule has 82 valence electrons. The molecule has 0 aromatic heterocycles. The summed E-state index contributed by atoms with van der Waals surface area (Å²) < 4.78 is 1.12. The zero-order valence-corrected chi connectivity index (χ0v) is 10.8. The number of fused-ring (bicyclic) bond motifs is 1. The molecule has 0 amide bonds. The minimum Gasteiger partial charge on any atom is -0.0622 e. The molecule has 3 rings (SSSR count). The third-order valence-electron chi connectivity index (χ3n) is 2.91. The molecule has 0 aliphatic heterocycles. The molecule has 0 aliphatic carbocycles. The summed E-state index contributed by atoms with van der Waals surface area (Å²) >= 11 is 3.58. The average Bonchev–Trinajstić information content (AvgIpc) is 2.39. The molecule has 0 atom stereocenters. The molecule has 0 spiro atoms. The minimum absolute atomic E-state index is 1.12. The van der Waals surface area contributed by atoms with Gasteiger partial charge in [0, 0.05) is 4.47 Å². The molecule has 0 nitrogen and oxygen atoms in total. The SMILES string of the molecule is Brc1cc(-c2ccccc2)c2ccccc2c1. The van der Waals surface area contributed by atoms with Gasteiger partial charge in [-0.3, -0.25) is 0 Å².